The second kappa shape index (κ2) is 5.50. The highest BCUT2D eigenvalue weighted by Gasteiger charge is 2.24. The van der Waals surface area contributed by atoms with E-state index in [1.54, 1.807) is 0 Å². The molecule has 3 nitrogen and oxygen atoms in total. The molecule has 0 spiro atoms. The summed E-state index contributed by atoms with van der Waals surface area (Å²) in [7, 11) is 0. The van der Waals surface area contributed by atoms with Crippen LogP contribution in [0.15, 0.2) is 0 Å². The molecule has 0 unspecified atom stereocenters. The molecule has 0 radical (unpaired) electrons. The van der Waals surface area contributed by atoms with Crippen LogP contribution in [0, 0.1) is 5.92 Å². The van der Waals surface area contributed by atoms with E-state index in [0.717, 1.165) is 25.4 Å². The summed E-state index contributed by atoms with van der Waals surface area (Å²) in [4.78, 5) is 11.5. The van der Waals surface area contributed by atoms with Gasteiger partial charge in [-0.3, -0.25) is 4.79 Å². The van der Waals surface area contributed by atoms with Crippen LogP contribution in [0.3, 0.4) is 0 Å². The van der Waals surface area contributed by atoms with E-state index in [1.165, 1.54) is 38.5 Å². The van der Waals surface area contributed by atoms with Crippen molar-refractivity contribution in [2.24, 2.45) is 5.92 Å². The normalized spacial score (nSPS) is 27.1. The van der Waals surface area contributed by atoms with Gasteiger partial charge < -0.3 is 10.6 Å². The zero-order valence-electron chi connectivity index (χ0n) is 9.43. The second-order valence-corrected chi connectivity index (χ2v) is 4.88. The van der Waals surface area contributed by atoms with Gasteiger partial charge in [0.25, 0.3) is 0 Å². The fourth-order valence-electron chi connectivity index (χ4n) is 2.51. The van der Waals surface area contributed by atoms with Crippen molar-refractivity contribution in [2.45, 2.75) is 51.0 Å². The van der Waals surface area contributed by atoms with Gasteiger partial charge in [-0.15, -0.1) is 0 Å². The maximum Gasteiger partial charge on any atom is 0.237 e. The molecule has 2 fully saturated rings. The summed E-state index contributed by atoms with van der Waals surface area (Å²) in [5.74, 6) is 1.07. The Morgan fingerprint density at radius 1 is 1.20 bits per heavy atom. The molecular weight excluding hydrogens is 188 g/mol. The standard InChI is InChI=1S/C12H22N2O/c15-12(11-7-9-13-11)14-8-6-10-4-2-1-3-5-10/h10-11,13H,1-9H2,(H,14,15)/t11-/m1/s1. The molecule has 3 heteroatoms. The Hall–Kier alpha value is -0.570. The molecule has 1 saturated carbocycles. The van der Waals surface area contributed by atoms with Crippen LogP contribution in [0.2, 0.25) is 0 Å². The smallest absolute Gasteiger partial charge is 0.237 e. The van der Waals surface area contributed by atoms with Crippen LogP contribution in [0.1, 0.15) is 44.9 Å². The number of nitrogens with one attached hydrogen (secondary N) is 2. The molecule has 0 aromatic heterocycles. The fraction of sp³-hybridized carbons (Fsp3) is 0.917. The van der Waals surface area contributed by atoms with Gasteiger partial charge in [-0.05, 0) is 25.3 Å². The van der Waals surface area contributed by atoms with Crippen molar-refractivity contribution in [1.82, 2.24) is 10.6 Å². The van der Waals surface area contributed by atoms with Gasteiger partial charge in [-0.25, -0.2) is 0 Å². The fourth-order valence-corrected chi connectivity index (χ4v) is 2.51. The van der Waals surface area contributed by atoms with Gasteiger partial charge in [0.15, 0.2) is 0 Å². The van der Waals surface area contributed by atoms with Crippen molar-refractivity contribution in [3.05, 3.63) is 0 Å². The van der Waals surface area contributed by atoms with Crippen LogP contribution in [0.4, 0.5) is 0 Å². The van der Waals surface area contributed by atoms with E-state index in [0.29, 0.717) is 0 Å². The molecule has 1 atom stereocenters. The van der Waals surface area contributed by atoms with E-state index in [9.17, 15) is 4.79 Å². The molecular formula is C12H22N2O. The van der Waals surface area contributed by atoms with Gasteiger partial charge in [0.05, 0.1) is 6.04 Å². The zero-order chi connectivity index (χ0) is 10.5. The second-order valence-electron chi connectivity index (χ2n) is 4.88. The number of carbonyl (C=O) groups excluding carboxylic acids is 1. The van der Waals surface area contributed by atoms with Crippen molar-refractivity contribution < 1.29 is 4.79 Å². The maximum absolute atomic E-state index is 11.5. The summed E-state index contributed by atoms with van der Waals surface area (Å²) in [5.41, 5.74) is 0. The lowest BCUT2D eigenvalue weighted by Gasteiger charge is -2.27. The van der Waals surface area contributed by atoms with Gasteiger partial charge in [-0.2, -0.15) is 0 Å². The quantitative estimate of drug-likeness (QED) is 0.737. The Labute approximate surface area is 92.0 Å². The third-order valence-electron chi connectivity index (χ3n) is 3.72. The van der Waals surface area contributed by atoms with E-state index in [-0.39, 0.29) is 11.9 Å². The van der Waals surface area contributed by atoms with Crippen molar-refractivity contribution in [3.8, 4) is 0 Å². The van der Waals surface area contributed by atoms with Crippen LogP contribution in [0.5, 0.6) is 0 Å². The maximum atomic E-state index is 11.5. The van der Waals surface area contributed by atoms with Gasteiger partial charge in [0, 0.05) is 6.54 Å². The predicted octanol–water partition coefficient (Wildman–Crippen LogP) is 1.43. The van der Waals surface area contributed by atoms with E-state index < -0.39 is 0 Å². The van der Waals surface area contributed by atoms with Gasteiger partial charge in [-0.1, -0.05) is 32.1 Å². The lowest BCUT2D eigenvalue weighted by Crippen LogP contribution is -2.53. The van der Waals surface area contributed by atoms with Gasteiger partial charge >= 0.3 is 0 Å². The monoisotopic (exact) mass is 210 g/mol. The summed E-state index contributed by atoms with van der Waals surface area (Å²) < 4.78 is 0. The average Bonchev–Trinajstić information content (AvgIpc) is 2.16. The molecule has 2 rings (SSSR count). The highest BCUT2D eigenvalue weighted by atomic mass is 16.2. The zero-order valence-corrected chi connectivity index (χ0v) is 9.43. The number of carbonyl (C=O) groups is 1. The van der Waals surface area contributed by atoms with Crippen molar-refractivity contribution in [1.29, 1.82) is 0 Å². The molecule has 15 heavy (non-hydrogen) atoms. The summed E-state index contributed by atoms with van der Waals surface area (Å²) in [6, 6.07) is 0.108. The lowest BCUT2D eigenvalue weighted by molar-refractivity contribution is -0.124. The molecule has 0 aromatic rings. The molecule has 2 N–H and O–H groups in total. The topological polar surface area (TPSA) is 41.1 Å². The van der Waals surface area contributed by atoms with E-state index in [4.69, 9.17) is 0 Å². The van der Waals surface area contributed by atoms with E-state index >= 15 is 0 Å². The molecule has 1 saturated heterocycles. The molecule has 1 amide bonds. The van der Waals surface area contributed by atoms with Crippen molar-refractivity contribution >= 4 is 5.91 Å². The molecule has 1 aliphatic carbocycles. The third kappa shape index (κ3) is 3.20. The van der Waals surface area contributed by atoms with Gasteiger partial charge in [0.2, 0.25) is 5.91 Å². The van der Waals surface area contributed by atoms with Gasteiger partial charge in [0.1, 0.15) is 0 Å². The number of hydrogen-bond donors (Lipinski definition) is 2. The predicted molar refractivity (Wildman–Crippen MR) is 60.6 cm³/mol. The Morgan fingerprint density at radius 2 is 1.93 bits per heavy atom. The first-order chi connectivity index (χ1) is 7.36. The largest absolute Gasteiger partial charge is 0.355 e. The highest BCUT2D eigenvalue weighted by molar-refractivity contribution is 5.82. The Balaban J connectivity index is 1.55. The molecule has 0 bridgehead atoms. The first kappa shape index (κ1) is 10.9. The average molecular weight is 210 g/mol. The lowest BCUT2D eigenvalue weighted by atomic mass is 9.87. The van der Waals surface area contributed by atoms with Crippen LogP contribution in [-0.2, 0) is 4.79 Å². The molecule has 2 aliphatic rings. The minimum atomic E-state index is 0.108. The summed E-state index contributed by atoms with van der Waals surface area (Å²) >= 11 is 0. The summed E-state index contributed by atoms with van der Waals surface area (Å²) in [5, 5.41) is 6.15. The number of hydrogen-bond acceptors (Lipinski definition) is 2. The van der Waals surface area contributed by atoms with Crippen molar-refractivity contribution in [2.75, 3.05) is 13.1 Å². The number of amides is 1. The summed E-state index contributed by atoms with van der Waals surface area (Å²) in [6.45, 7) is 1.88. The first-order valence-corrected chi connectivity index (χ1v) is 6.37. The highest BCUT2D eigenvalue weighted by Crippen LogP contribution is 2.25. The molecule has 0 aromatic carbocycles. The van der Waals surface area contributed by atoms with Crippen LogP contribution < -0.4 is 10.6 Å². The van der Waals surface area contributed by atoms with Crippen LogP contribution in [-0.4, -0.2) is 25.0 Å². The molecule has 86 valence electrons. The molecule has 1 aliphatic heterocycles. The third-order valence-corrected chi connectivity index (χ3v) is 3.72. The SMILES string of the molecule is O=C(NCCC1CCCCC1)[C@H]1CCN1. The Morgan fingerprint density at radius 3 is 2.53 bits per heavy atom. The Bertz CT molecular complexity index is 208. The number of rotatable bonds is 4. The summed E-state index contributed by atoms with van der Waals surface area (Å²) in [6.07, 6.45) is 9.13. The Kier molecular flexibility index (Phi) is 4.01. The van der Waals surface area contributed by atoms with Crippen LogP contribution in [0.25, 0.3) is 0 Å². The van der Waals surface area contributed by atoms with E-state index in [2.05, 4.69) is 10.6 Å². The minimum Gasteiger partial charge on any atom is -0.355 e. The minimum absolute atomic E-state index is 0.108. The first-order valence-electron chi connectivity index (χ1n) is 6.37. The van der Waals surface area contributed by atoms with Crippen LogP contribution >= 0.6 is 0 Å². The van der Waals surface area contributed by atoms with Crippen molar-refractivity contribution in [3.63, 3.8) is 0 Å². The molecule has 1 heterocycles. The van der Waals surface area contributed by atoms with E-state index in [1.807, 2.05) is 0 Å².